The van der Waals surface area contributed by atoms with Crippen molar-refractivity contribution in [1.29, 1.82) is 0 Å². The van der Waals surface area contributed by atoms with Gasteiger partial charge in [-0.2, -0.15) is 0 Å². The Morgan fingerprint density at radius 2 is 1.57 bits per heavy atom. The van der Waals surface area contributed by atoms with E-state index in [9.17, 15) is 14.4 Å². The monoisotopic (exact) mass is 505 g/mol. The van der Waals surface area contributed by atoms with Crippen LogP contribution in [0, 0.1) is 5.92 Å². The molecule has 8 nitrogen and oxygen atoms in total. The summed E-state index contributed by atoms with van der Waals surface area (Å²) in [4.78, 5) is 40.8. The van der Waals surface area contributed by atoms with Gasteiger partial charge in [0.25, 0.3) is 0 Å². The molecular formula is C26H40ClN5O3. The van der Waals surface area contributed by atoms with Gasteiger partial charge in [-0.1, -0.05) is 37.6 Å². The topological polar surface area (TPSA) is 76.2 Å². The van der Waals surface area contributed by atoms with Crippen LogP contribution in [0.25, 0.3) is 0 Å². The van der Waals surface area contributed by atoms with E-state index in [1.807, 2.05) is 21.9 Å². The molecule has 2 heterocycles. The Morgan fingerprint density at radius 1 is 0.971 bits per heavy atom. The first kappa shape index (κ1) is 27.4. The van der Waals surface area contributed by atoms with E-state index in [0.29, 0.717) is 36.5 Å². The summed E-state index contributed by atoms with van der Waals surface area (Å²) in [6, 6.07) is 7.20. The van der Waals surface area contributed by atoms with Crippen molar-refractivity contribution in [2.75, 3.05) is 45.8 Å². The molecule has 1 aromatic carbocycles. The summed E-state index contributed by atoms with van der Waals surface area (Å²) in [7, 11) is 0. The van der Waals surface area contributed by atoms with Crippen LogP contribution in [0.5, 0.6) is 0 Å². The standard InChI is InChI=1S/C26H40ClN5O3/c1-19(2)18-32(24-9-11-29(12-10-24)21(4)34)31-15-13-30(14-16-31)26(35)25(28-20(3)33)17-22-5-7-23(27)8-6-22/h5-8,19,24-25H,9-18H2,1-4H3,(H,28,33)/t25-/m1/s1. The smallest absolute Gasteiger partial charge is 0.245 e. The summed E-state index contributed by atoms with van der Waals surface area (Å²) in [6.07, 6.45) is 2.37. The Hall–Kier alpha value is -2.16. The Bertz CT molecular complexity index is 862. The predicted molar refractivity (Wildman–Crippen MR) is 138 cm³/mol. The van der Waals surface area contributed by atoms with Crippen LogP contribution in [0.1, 0.15) is 46.1 Å². The van der Waals surface area contributed by atoms with E-state index in [2.05, 4.69) is 29.2 Å². The number of piperazine rings is 1. The van der Waals surface area contributed by atoms with Gasteiger partial charge in [-0.3, -0.25) is 14.4 Å². The van der Waals surface area contributed by atoms with Crippen LogP contribution in [0.2, 0.25) is 5.02 Å². The van der Waals surface area contributed by atoms with Gasteiger partial charge in [0.2, 0.25) is 17.7 Å². The van der Waals surface area contributed by atoms with E-state index in [0.717, 1.165) is 51.1 Å². The first-order valence-corrected chi connectivity index (χ1v) is 13.1. The van der Waals surface area contributed by atoms with E-state index in [1.165, 1.54) is 6.92 Å². The Morgan fingerprint density at radius 3 is 2.09 bits per heavy atom. The zero-order valence-corrected chi connectivity index (χ0v) is 22.3. The van der Waals surface area contributed by atoms with Crippen LogP contribution in [0.4, 0.5) is 0 Å². The molecule has 0 aromatic heterocycles. The number of benzene rings is 1. The molecule has 0 radical (unpaired) electrons. The molecule has 2 fully saturated rings. The van der Waals surface area contributed by atoms with Crippen molar-refractivity contribution in [2.24, 2.45) is 5.92 Å². The molecule has 0 unspecified atom stereocenters. The van der Waals surface area contributed by atoms with Gasteiger partial charge in [0.1, 0.15) is 6.04 Å². The maximum absolute atomic E-state index is 13.4. The van der Waals surface area contributed by atoms with E-state index < -0.39 is 6.04 Å². The third-order valence-corrected chi connectivity index (χ3v) is 7.10. The van der Waals surface area contributed by atoms with Crippen LogP contribution in [-0.2, 0) is 20.8 Å². The minimum atomic E-state index is -0.595. The van der Waals surface area contributed by atoms with Crippen molar-refractivity contribution in [1.82, 2.24) is 25.1 Å². The number of nitrogens with one attached hydrogen (secondary N) is 1. The third-order valence-electron chi connectivity index (χ3n) is 6.84. The fraction of sp³-hybridized carbons (Fsp3) is 0.654. The largest absolute Gasteiger partial charge is 0.344 e. The second kappa shape index (κ2) is 12.7. The number of carbonyl (C=O) groups is 3. The SMILES string of the molecule is CC(=O)N[C@H](Cc1ccc(Cl)cc1)C(=O)N1CCN(N(CC(C)C)C2CCN(C(C)=O)CC2)CC1. The first-order valence-electron chi connectivity index (χ1n) is 12.7. The third kappa shape index (κ3) is 7.92. The van der Waals surface area contributed by atoms with Crippen molar-refractivity contribution in [3.8, 4) is 0 Å². The Balaban J connectivity index is 1.61. The summed E-state index contributed by atoms with van der Waals surface area (Å²) in [5.41, 5.74) is 0.958. The summed E-state index contributed by atoms with van der Waals surface area (Å²) in [5.74, 6) is 0.415. The quantitative estimate of drug-likeness (QED) is 0.587. The molecule has 9 heteroatoms. The minimum Gasteiger partial charge on any atom is -0.344 e. The fourth-order valence-corrected chi connectivity index (χ4v) is 5.17. The molecule has 3 amide bonds. The molecule has 1 atom stereocenters. The molecule has 35 heavy (non-hydrogen) atoms. The van der Waals surface area contributed by atoms with Gasteiger partial charge in [-0.05, 0) is 36.5 Å². The van der Waals surface area contributed by atoms with Crippen molar-refractivity contribution in [3.63, 3.8) is 0 Å². The minimum absolute atomic E-state index is 0.0417. The molecule has 194 valence electrons. The van der Waals surface area contributed by atoms with Gasteiger partial charge >= 0.3 is 0 Å². The zero-order valence-electron chi connectivity index (χ0n) is 21.5. The van der Waals surface area contributed by atoms with Gasteiger partial charge < -0.3 is 15.1 Å². The molecule has 0 bridgehead atoms. The number of piperidine rings is 1. The maximum atomic E-state index is 13.4. The Kier molecular flexibility index (Phi) is 9.95. The van der Waals surface area contributed by atoms with Gasteiger partial charge in [-0.15, -0.1) is 0 Å². The van der Waals surface area contributed by atoms with Crippen LogP contribution in [-0.4, -0.2) is 95.4 Å². The van der Waals surface area contributed by atoms with Crippen molar-refractivity contribution >= 4 is 29.3 Å². The second-order valence-corrected chi connectivity index (χ2v) is 10.6. The molecule has 1 aromatic rings. The molecule has 0 spiro atoms. The number of rotatable bonds is 8. The number of hydrogen-bond donors (Lipinski definition) is 1. The van der Waals surface area contributed by atoms with Gasteiger partial charge in [0.05, 0.1) is 0 Å². The molecule has 2 aliphatic rings. The van der Waals surface area contributed by atoms with Gasteiger partial charge in [0.15, 0.2) is 0 Å². The van der Waals surface area contributed by atoms with Crippen LogP contribution < -0.4 is 5.32 Å². The van der Waals surface area contributed by atoms with Crippen molar-refractivity contribution in [3.05, 3.63) is 34.9 Å². The Labute approximate surface area is 214 Å². The fourth-order valence-electron chi connectivity index (χ4n) is 5.04. The highest BCUT2D eigenvalue weighted by Crippen LogP contribution is 2.22. The molecular weight excluding hydrogens is 466 g/mol. The number of amides is 3. The predicted octanol–water partition coefficient (Wildman–Crippen LogP) is 2.42. The molecule has 3 rings (SSSR count). The van der Waals surface area contributed by atoms with Crippen LogP contribution >= 0.6 is 11.6 Å². The second-order valence-electron chi connectivity index (χ2n) is 10.1. The highest BCUT2D eigenvalue weighted by atomic mass is 35.5. The van der Waals surface area contributed by atoms with Gasteiger partial charge in [-0.25, -0.2) is 10.0 Å². The molecule has 0 aliphatic carbocycles. The highest BCUT2D eigenvalue weighted by Gasteiger charge is 2.34. The highest BCUT2D eigenvalue weighted by molar-refractivity contribution is 6.30. The van der Waals surface area contributed by atoms with E-state index in [4.69, 9.17) is 11.6 Å². The van der Waals surface area contributed by atoms with Crippen LogP contribution in [0.3, 0.4) is 0 Å². The summed E-state index contributed by atoms with van der Waals surface area (Å²) >= 11 is 5.99. The lowest BCUT2D eigenvalue weighted by Gasteiger charge is -2.47. The first-order chi connectivity index (χ1) is 16.6. The summed E-state index contributed by atoms with van der Waals surface area (Å²) < 4.78 is 0. The summed E-state index contributed by atoms with van der Waals surface area (Å²) in [6.45, 7) is 12.9. The van der Waals surface area contributed by atoms with Crippen LogP contribution in [0.15, 0.2) is 24.3 Å². The average Bonchev–Trinajstić information content (AvgIpc) is 2.83. The normalized spacial score (nSPS) is 18.7. The molecule has 2 saturated heterocycles. The average molecular weight is 506 g/mol. The van der Waals surface area contributed by atoms with E-state index in [-0.39, 0.29) is 17.7 Å². The molecule has 2 aliphatic heterocycles. The number of likely N-dealkylation sites (tertiary alicyclic amines) is 1. The van der Waals surface area contributed by atoms with Crippen molar-refractivity contribution in [2.45, 2.75) is 59.0 Å². The number of carbonyl (C=O) groups excluding carboxylic acids is 3. The lowest BCUT2D eigenvalue weighted by Crippen LogP contribution is -2.61. The number of nitrogens with zero attached hydrogens (tertiary/aromatic N) is 4. The maximum Gasteiger partial charge on any atom is 0.245 e. The summed E-state index contributed by atoms with van der Waals surface area (Å²) in [5, 5.41) is 8.37. The number of hydrogen-bond acceptors (Lipinski definition) is 5. The lowest BCUT2D eigenvalue weighted by atomic mass is 10.0. The zero-order chi connectivity index (χ0) is 25.5. The van der Waals surface area contributed by atoms with E-state index in [1.54, 1.807) is 19.1 Å². The number of hydrazine groups is 1. The van der Waals surface area contributed by atoms with E-state index >= 15 is 0 Å². The molecule has 0 saturated carbocycles. The lowest BCUT2D eigenvalue weighted by molar-refractivity contribution is -0.145. The number of halogens is 1. The molecule has 1 N–H and O–H groups in total. The van der Waals surface area contributed by atoms with Gasteiger partial charge in [0, 0.05) is 77.1 Å². The van der Waals surface area contributed by atoms with Crippen molar-refractivity contribution < 1.29 is 14.4 Å².